The van der Waals surface area contributed by atoms with Gasteiger partial charge in [0.1, 0.15) is 5.70 Å². The van der Waals surface area contributed by atoms with Crippen LogP contribution in [0.2, 0.25) is 0 Å². The molecule has 88 valence electrons. The van der Waals surface area contributed by atoms with Crippen molar-refractivity contribution in [3.63, 3.8) is 0 Å². The molecule has 1 amide bonds. The molecule has 2 aromatic heterocycles. The topological polar surface area (TPSA) is 67.5 Å². The van der Waals surface area contributed by atoms with Gasteiger partial charge in [-0.05, 0) is 30.3 Å². The maximum absolute atomic E-state index is 11.7. The number of aliphatic imine (C=N–C) groups is 1. The van der Waals surface area contributed by atoms with Crippen LogP contribution in [0.1, 0.15) is 11.5 Å². The molecule has 5 heteroatoms. The molecule has 0 radical (unpaired) electrons. The van der Waals surface area contributed by atoms with Gasteiger partial charge in [0.15, 0.2) is 11.6 Å². The molecule has 1 aliphatic rings. The molecule has 1 N–H and O–H groups in total. The summed E-state index contributed by atoms with van der Waals surface area (Å²) in [5.74, 6) is 0.701. The Labute approximate surface area is 103 Å². The number of carbonyl (C=O) groups is 1. The van der Waals surface area contributed by atoms with Crippen molar-refractivity contribution in [2.24, 2.45) is 4.99 Å². The van der Waals surface area contributed by atoms with Gasteiger partial charge in [-0.3, -0.25) is 9.78 Å². The SMILES string of the molecule is O=C1NC(c2ccco2)=N/C1=C/c1ccccn1. The highest BCUT2D eigenvalue weighted by Gasteiger charge is 2.22. The Morgan fingerprint density at radius 3 is 2.89 bits per heavy atom. The highest BCUT2D eigenvalue weighted by Crippen LogP contribution is 2.13. The van der Waals surface area contributed by atoms with Gasteiger partial charge < -0.3 is 9.73 Å². The van der Waals surface area contributed by atoms with Gasteiger partial charge in [0.2, 0.25) is 0 Å². The van der Waals surface area contributed by atoms with E-state index >= 15 is 0 Å². The van der Waals surface area contributed by atoms with Crippen LogP contribution in [-0.2, 0) is 4.79 Å². The van der Waals surface area contributed by atoms with E-state index in [1.807, 2.05) is 12.1 Å². The fraction of sp³-hybridized carbons (Fsp3) is 0. The van der Waals surface area contributed by atoms with E-state index in [0.717, 1.165) is 0 Å². The molecule has 0 aromatic carbocycles. The quantitative estimate of drug-likeness (QED) is 0.809. The third kappa shape index (κ3) is 1.93. The fourth-order valence-electron chi connectivity index (χ4n) is 1.60. The fourth-order valence-corrected chi connectivity index (χ4v) is 1.60. The lowest BCUT2D eigenvalue weighted by molar-refractivity contribution is -0.115. The largest absolute Gasteiger partial charge is 0.461 e. The summed E-state index contributed by atoms with van der Waals surface area (Å²) in [6.07, 6.45) is 4.83. The molecule has 0 aliphatic carbocycles. The van der Waals surface area contributed by atoms with E-state index in [2.05, 4.69) is 15.3 Å². The summed E-state index contributed by atoms with van der Waals surface area (Å²) < 4.78 is 5.18. The van der Waals surface area contributed by atoms with Crippen LogP contribution in [0.15, 0.2) is 57.9 Å². The van der Waals surface area contributed by atoms with E-state index in [9.17, 15) is 4.79 Å². The second-order valence-electron chi connectivity index (χ2n) is 3.68. The average molecular weight is 239 g/mol. The standard InChI is InChI=1S/C13H9N3O2/c17-13-10(8-9-4-1-2-6-14-9)15-12(16-13)11-5-3-7-18-11/h1-8H,(H,15,16,17)/b10-8+. The number of aromatic nitrogens is 1. The number of pyridine rings is 1. The molecule has 2 aromatic rings. The monoisotopic (exact) mass is 239 g/mol. The number of amidine groups is 1. The van der Waals surface area contributed by atoms with Gasteiger partial charge in [-0.2, -0.15) is 0 Å². The molecular formula is C13H9N3O2. The van der Waals surface area contributed by atoms with E-state index in [-0.39, 0.29) is 5.91 Å². The number of nitrogens with zero attached hydrogens (tertiary/aromatic N) is 2. The summed E-state index contributed by atoms with van der Waals surface area (Å²) in [5, 5.41) is 2.65. The van der Waals surface area contributed by atoms with Crippen molar-refractivity contribution >= 4 is 17.8 Å². The van der Waals surface area contributed by atoms with Gasteiger partial charge in [0.25, 0.3) is 5.91 Å². The van der Waals surface area contributed by atoms with Crippen molar-refractivity contribution in [2.75, 3.05) is 0 Å². The number of nitrogens with one attached hydrogen (secondary N) is 1. The first-order valence-electron chi connectivity index (χ1n) is 5.39. The number of hydrogen-bond acceptors (Lipinski definition) is 4. The molecule has 1 aliphatic heterocycles. The lowest BCUT2D eigenvalue weighted by Gasteiger charge is -1.93. The molecule has 18 heavy (non-hydrogen) atoms. The number of carbonyl (C=O) groups excluding carboxylic acids is 1. The molecule has 5 nitrogen and oxygen atoms in total. The lowest BCUT2D eigenvalue weighted by atomic mass is 10.3. The third-order valence-electron chi connectivity index (χ3n) is 2.42. The second kappa shape index (κ2) is 4.29. The maximum atomic E-state index is 11.7. The Hall–Kier alpha value is -2.69. The normalized spacial score (nSPS) is 16.8. The lowest BCUT2D eigenvalue weighted by Crippen LogP contribution is -2.24. The van der Waals surface area contributed by atoms with Crippen LogP contribution in [0.4, 0.5) is 0 Å². The van der Waals surface area contributed by atoms with Crippen molar-refractivity contribution in [2.45, 2.75) is 0 Å². The van der Waals surface area contributed by atoms with Crippen molar-refractivity contribution in [3.8, 4) is 0 Å². The first-order chi connectivity index (χ1) is 8.83. The number of rotatable bonds is 2. The number of hydrogen-bond donors (Lipinski definition) is 1. The summed E-state index contributed by atoms with van der Waals surface area (Å²) >= 11 is 0. The zero-order chi connectivity index (χ0) is 12.4. The maximum Gasteiger partial charge on any atom is 0.275 e. The summed E-state index contributed by atoms with van der Waals surface area (Å²) in [7, 11) is 0. The highest BCUT2D eigenvalue weighted by molar-refractivity contribution is 6.18. The van der Waals surface area contributed by atoms with Crippen LogP contribution in [0, 0.1) is 0 Å². The molecule has 0 unspecified atom stereocenters. The highest BCUT2D eigenvalue weighted by atomic mass is 16.3. The first kappa shape index (κ1) is 10.5. The third-order valence-corrected chi connectivity index (χ3v) is 2.42. The molecular weight excluding hydrogens is 230 g/mol. The molecule has 0 fully saturated rings. The Morgan fingerprint density at radius 2 is 2.17 bits per heavy atom. The van der Waals surface area contributed by atoms with Crippen LogP contribution in [0.25, 0.3) is 6.08 Å². The summed E-state index contributed by atoms with van der Waals surface area (Å²) in [6.45, 7) is 0. The van der Waals surface area contributed by atoms with Crippen LogP contribution in [0.5, 0.6) is 0 Å². The van der Waals surface area contributed by atoms with Gasteiger partial charge in [0, 0.05) is 6.20 Å². The van der Waals surface area contributed by atoms with E-state index in [1.165, 1.54) is 6.26 Å². The Morgan fingerprint density at radius 1 is 1.22 bits per heavy atom. The van der Waals surface area contributed by atoms with Gasteiger partial charge in [0.05, 0.1) is 12.0 Å². The van der Waals surface area contributed by atoms with Crippen molar-refractivity contribution in [1.82, 2.24) is 10.3 Å². The molecule has 0 saturated carbocycles. The molecule has 0 spiro atoms. The van der Waals surface area contributed by atoms with Crippen LogP contribution in [-0.4, -0.2) is 16.7 Å². The molecule has 0 atom stereocenters. The van der Waals surface area contributed by atoms with Crippen LogP contribution in [0.3, 0.4) is 0 Å². The Kier molecular flexibility index (Phi) is 2.49. The predicted octanol–water partition coefficient (Wildman–Crippen LogP) is 1.59. The summed E-state index contributed by atoms with van der Waals surface area (Å²) in [6, 6.07) is 8.95. The van der Waals surface area contributed by atoms with Crippen molar-refractivity contribution < 1.29 is 9.21 Å². The van der Waals surface area contributed by atoms with Gasteiger partial charge in [-0.1, -0.05) is 6.07 Å². The number of furan rings is 1. The van der Waals surface area contributed by atoms with Crippen LogP contribution >= 0.6 is 0 Å². The van der Waals surface area contributed by atoms with Gasteiger partial charge in [-0.15, -0.1) is 0 Å². The van der Waals surface area contributed by atoms with E-state index < -0.39 is 0 Å². The first-order valence-corrected chi connectivity index (χ1v) is 5.39. The molecule has 3 rings (SSSR count). The Bertz CT molecular complexity index is 628. The molecule has 0 saturated heterocycles. The Balaban J connectivity index is 1.94. The van der Waals surface area contributed by atoms with Gasteiger partial charge >= 0.3 is 0 Å². The second-order valence-corrected chi connectivity index (χ2v) is 3.68. The predicted molar refractivity (Wildman–Crippen MR) is 65.6 cm³/mol. The average Bonchev–Trinajstić information content (AvgIpc) is 3.01. The van der Waals surface area contributed by atoms with E-state index in [0.29, 0.717) is 23.0 Å². The number of amides is 1. The minimum absolute atomic E-state index is 0.257. The van der Waals surface area contributed by atoms with E-state index in [1.54, 1.807) is 30.5 Å². The zero-order valence-electron chi connectivity index (χ0n) is 9.33. The minimum Gasteiger partial charge on any atom is -0.461 e. The molecule has 0 bridgehead atoms. The van der Waals surface area contributed by atoms with Crippen LogP contribution < -0.4 is 5.32 Å². The summed E-state index contributed by atoms with van der Waals surface area (Å²) in [4.78, 5) is 20.0. The summed E-state index contributed by atoms with van der Waals surface area (Å²) in [5.41, 5.74) is 1.01. The van der Waals surface area contributed by atoms with Gasteiger partial charge in [-0.25, -0.2) is 4.99 Å². The van der Waals surface area contributed by atoms with Crippen molar-refractivity contribution in [3.05, 3.63) is 59.9 Å². The van der Waals surface area contributed by atoms with Crippen molar-refractivity contribution in [1.29, 1.82) is 0 Å². The minimum atomic E-state index is -0.257. The molecule has 3 heterocycles. The smallest absolute Gasteiger partial charge is 0.275 e. The zero-order valence-corrected chi connectivity index (χ0v) is 9.33. The van der Waals surface area contributed by atoms with E-state index in [4.69, 9.17) is 4.42 Å².